The number of amides is 1. The number of carbonyl (C=O) groups is 1. The van der Waals surface area contributed by atoms with Crippen molar-refractivity contribution in [1.29, 1.82) is 0 Å². The van der Waals surface area contributed by atoms with E-state index in [9.17, 15) is 4.79 Å². The number of carbonyl (C=O) groups excluding carboxylic acids is 1. The molecule has 6 heteroatoms. The molecule has 0 saturated heterocycles. The second-order valence-corrected chi connectivity index (χ2v) is 7.65. The zero-order valence-electron chi connectivity index (χ0n) is 17.8. The highest BCUT2D eigenvalue weighted by Crippen LogP contribution is 2.28. The van der Waals surface area contributed by atoms with Crippen molar-refractivity contribution in [2.75, 3.05) is 35.7 Å². The Morgan fingerprint density at radius 2 is 1.87 bits per heavy atom. The van der Waals surface area contributed by atoms with Gasteiger partial charge < -0.3 is 20.3 Å². The first-order valence-corrected chi connectivity index (χ1v) is 10.6. The molecule has 2 aromatic rings. The highest BCUT2D eigenvalue weighted by Gasteiger charge is 2.15. The van der Waals surface area contributed by atoms with Gasteiger partial charge >= 0.3 is 0 Å². The van der Waals surface area contributed by atoms with Crippen LogP contribution >= 0.6 is 0 Å². The maximum atomic E-state index is 12.6. The van der Waals surface area contributed by atoms with E-state index in [0.717, 1.165) is 36.5 Å². The molecule has 1 saturated carbocycles. The summed E-state index contributed by atoms with van der Waals surface area (Å²) in [4.78, 5) is 17.9. The topological polar surface area (TPSA) is 58.0 Å². The van der Waals surface area contributed by atoms with Crippen LogP contribution in [-0.2, 0) is 4.79 Å². The van der Waals surface area contributed by atoms with Crippen LogP contribution in [-0.4, -0.2) is 32.1 Å². The van der Waals surface area contributed by atoms with Crippen molar-refractivity contribution in [3.05, 3.63) is 53.9 Å². The summed E-state index contributed by atoms with van der Waals surface area (Å²) in [6, 6.07) is 13.2. The predicted molar refractivity (Wildman–Crippen MR) is 123 cm³/mol. The first kappa shape index (κ1) is 21.5. The molecule has 2 N–H and O–H groups in total. The van der Waals surface area contributed by atoms with Crippen molar-refractivity contribution in [1.82, 2.24) is 0 Å². The van der Waals surface area contributed by atoms with Crippen molar-refractivity contribution in [2.45, 2.75) is 45.1 Å². The average molecular weight is 407 g/mol. The summed E-state index contributed by atoms with van der Waals surface area (Å²) in [5.41, 5.74) is 2.88. The van der Waals surface area contributed by atoms with Gasteiger partial charge in [0.1, 0.15) is 5.75 Å². The predicted octanol–water partition coefficient (Wildman–Crippen LogP) is 5.46. The van der Waals surface area contributed by atoms with E-state index in [2.05, 4.69) is 15.5 Å². The molecular formula is C24H30N4O2. The van der Waals surface area contributed by atoms with E-state index in [1.54, 1.807) is 12.1 Å². The number of rotatable bonds is 8. The molecule has 0 aromatic heterocycles. The Morgan fingerprint density at radius 3 is 2.53 bits per heavy atom. The van der Waals surface area contributed by atoms with E-state index in [1.807, 2.05) is 49.2 Å². The number of nitrogens with one attached hydrogen (secondary N) is 2. The van der Waals surface area contributed by atoms with Gasteiger partial charge in [-0.25, -0.2) is 4.85 Å². The van der Waals surface area contributed by atoms with Crippen LogP contribution in [0.25, 0.3) is 4.85 Å². The molecule has 0 heterocycles. The molecule has 158 valence electrons. The highest BCUT2D eigenvalue weighted by atomic mass is 16.5. The van der Waals surface area contributed by atoms with Crippen molar-refractivity contribution in [3.63, 3.8) is 0 Å². The number of hydrogen-bond acceptors (Lipinski definition) is 4. The van der Waals surface area contributed by atoms with Gasteiger partial charge in [-0.3, -0.25) is 4.79 Å². The minimum atomic E-state index is -0.138. The van der Waals surface area contributed by atoms with E-state index in [4.69, 9.17) is 11.3 Å². The van der Waals surface area contributed by atoms with Crippen LogP contribution in [0.5, 0.6) is 5.75 Å². The van der Waals surface area contributed by atoms with Crippen LogP contribution in [0.4, 0.5) is 22.7 Å². The van der Waals surface area contributed by atoms with Gasteiger partial charge in [0.05, 0.1) is 30.6 Å². The third-order valence-electron chi connectivity index (χ3n) is 5.29. The summed E-state index contributed by atoms with van der Waals surface area (Å²) in [5.74, 6) is 0.746. The maximum Gasteiger partial charge on any atom is 0.243 e. The second kappa shape index (κ2) is 10.5. The van der Waals surface area contributed by atoms with Gasteiger partial charge in [0.2, 0.25) is 5.91 Å². The van der Waals surface area contributed by atoms with Gasteiger partial charge in [0.25, 0.3) is 0 Å². The van der Waals surface area contributed by atoms with E-state index < -0.39 is 0 Å². The van der Waals surface area contributed by atoms with Gasteiger partial charge in [0, 0.05) is 19.3 Å². The van der Waals surface area contributed by atoms with E-state index in [1.165, 1.54) is 19.3 Å². The summed E-state index contributed by atoms with van der Waals surface area (Å²) in [6.45, 7) is 10.1. The summed E-state index contributed by atoms with van der Waals surface area (Å²) in [7, 11) is 1.89. The van der Waals surface area contributed by atoms with Gasteiger partial charge in [-0.15, -0.1) is 0 Å². The zero-order valence-corrected chi connectivity index (χ0v) is 17.8. The van der Waals surface area contributed by atoms with Gasteiger partial charge in [-0.1, -0.05) is 12.5 Å². The lowest BCUT2D eigenvalue weighted by Gasteiger charge is -2.24. The first-order chi connectivity index (χ1) is 14.6. The van der Waals surface area contributed by atoms with Crippen molar-refractivity contribution in [2.24, 2.45) is 0 Å². The minimum Gasteiger partial charge on any atom is -0.490 e. The lowest BCUT2D eigenvalue weighted by molar-refractivity contribution is -0.114. The Labute approximate surface area is 179 Å². The van der Waals surface area contributed by atoms with Crippen LogP contribution in [0.3, 0.4) is 0 Å². The number of anilines is 3. The number of nitrogens with zero attached hydrogens (tertiary/aromatic N) is 2. The fraction of sp³-hybridized carbons (Fsp3) is 0.417. The van der Waals surface area contributed by atoms with Crippen molar-refractivity contribution >= 4 is 28.7 Å². The van der Waals surface area contributed by atoms with Gasteiger partial charge in [0.15, 0.2) is 5.69 Å². The van der Waals surface area contributed by atoms with Crippen molar-refractivity contribution < 1.29 is 9.53 Å². The van der Waals surface area contributed by atoms with E-state index >= 15 is 0 Å². The van der Waals surface area contributed by atoms with Gasteiger partial charge in [-0.05, 0) is 69.0 Å². The van der Waals surface area contributed by atoms with E-state index in [0.29, 0.717) is 17.5 Å². The highest BCUT2D eigenvalue weighted by molar-refractivity contribution is 5.97. The fourth-order valence-corrected chi connectivity index (χ4v) is 3.70. The smallest absolute Gasteiger partial charge is 0.243 e. The monoisotopic (exact) mass is 406 g/mol. The Balaban J connectivity index is 1.58. The normalized spacial score (nSPS) is 13.9. The molecule has 30 heavy (non-hydrogen) atoms. The Hall–Kier alpha value is -3.20. The summed E-state index contributed by atoms with van der Waals surface area (Å²) in [6.07, 6.45) is 6.38. The Bertz CT molecular complexity index is 883. The molecule has 1 aliphatic carbocycles. The number of ether oxygens (including phenoxy) is 1. The molecule has 0 unspecified atom stereocenters. The standard InChI is InChI=1S/C24H30N4O2/c1-4-26-22-15-10-18(25-2)16-23(22)27-24(29)17-28(3)19-11-13-21(14-12-19)30-20-8-6-5-7-9-20/h10-16,20,26H,4-9,17H2,1,3H3,(H,27,29). The minimum absolute atomic E-state index is 0.138. The van der Waals surface area contributed by atoms with Crippen LogP contribution < -0.4 is 20.3 Å². The van der Waals surface area contributed by atoms with Crippen LogP contribution in [0.1, 0.15) is 39.0 Å². The molecule has 0 bridgehead atoms. The second-order valence-electron chi connectivity index (χ2n) is 7.65. The average Bonchev–Trinajstić information content (AvgIpc) is 2.76. The Morgan fingerprint density at radius 1 is 1.13 bits per heavy atom. The van der Waals surface area contributed by atoms with Gasteiger partial charge in [-0.2, -0.15) is 0 Å². The molecule has 0 aliphatic heterocycles. The maximum absolute atomic E-state index is 12.6. The molecule has 6 nitrogen and oxygen atoms in total. The van der Waals surface area contributed by atoms with E-state index in [-0.39, 0.29) is 12.5 Å². The number of hydrogen-bond donors (Lipinski definition) is 2. The molecule has 0 atom stereocenters. The lowest BCUT2D eigenvalue weighted by Crippen LogP contribution is -2.30. The quantitative estimate of drug-likeness (QED) is 0.572. The summed E-state index contributed by atoms with van der Waals surface area (Å²) in [5, 5.41) is 6.14. The molecule has 1 fully saturated rings. The van der Waals surface area contributed by atoms with Crippen LogP contribution in [0.15, 0.2) is 42.5 Å². The first-order valence-electron chi connectivity index (χ1n) is 10.6. The fourth-order valence-electron chi connectivity index (χ4n) is 3.70. The van der Waals surface area contributed by atoms with Crippen LogP contribution in [0, 0.1) is 6.57 Å². The molecule has 0 spiro atoms. The lowest BCUT2D eigenvalue weighted by atomic mass is 9.98. The molecule has 1 aliphatic rings. The molecular weight excluding hydrogens is 376 g/mol. The van der Waals surface area contributed by atoms with Crippen LogP contribution in [0.2, 0.25) is 0 Å². The largest absolute Gasteiger partial charge is 0.490 e. The van der Waals surface area contributed by atoms with Crippen molar-refractivity contribution in [3.8, 4) is 5.75 Å². The molecule has 1 amide bonds. The number of likely N-dealkylation sites (N-methyl/N-ethyl adjacent to an activating group) is 1. The molecule has 0 radical (unpaired) electrons. The third-order valence-corrected chi connectivity index (χ3v) is 5.29. The summed E-state index contributed by atoms with van der Waals surface area (Å²) < 4.78 is 6.08. The third kappa shape index (κ3) is 5.90. The molecule has 2 aromatic carbocycles. The SMILES string of the molecule is [C-]#[N+]c1ccc(NCC)c(NC(=O)CN(C)c2ccc(OC3CCCCC3)cc2)c1. The zero-order chi connectivity index (χ0) is 21.3. The number of benzene rings is 2. The Kier molecular flexibility index (Phi) is 7.56. The summed E-state index contributed by atoms with van der Waals surface area (Å²) >= 11 is 0. The molecule has 3 rings (SSSR count).